The van der Waals surface area contributed by atoms with Crippen LogP contribution in [0, 0.1) is 5.53 Å². The fourth-order valence-corrected chi connectivity index (χ4v) is 0.119. The van der Waals surface area contributed by atoms with Crippen LogP contribution in [0.5, 0.6) is 0 Å². The van der Waals surface area contributed by atoms with Crippen LogP contribution in [0.2, 0.25) is 0 Å². The summed E-state index contributed by atoms with van der Waals surface area (Å²) in [5, 5.41) is 3.00. The van der Waals surface area contributed by atoms with Gasteiger partial charge >= 0.3 is 0 Å². The summed E-state index contributed by atoms with van der Waals surface area (Å²) in [4.78, 5) is 0. The first kappa shape index (κ1) is 5.52. The molecule has 0 aromatic carbocycles. The third kappa shape index (κ3) is 3.52. The van der Waals surface area contributed by atoms with Gasteiger partial charge < -0.3 is 0 Å². The molecule has 0 saturated carbocycles. The summed E-state index contributed by atoms with van der Waals surface area (Å²) in [6.07, 6.45) is 0. The van der Waals surface area contributed by atoms with Crippen LogP contribution in [0.4, 0.5) is 0 Å². The van der Waals surface area contributed by atoms with Gasteiger partial charge in [-0.25, -0.2) is 11.0 Å². The van der Waals surface area contributed by atoms with E-state index in [0.29, 0.717) is 6.67 Å². The van der Waals surface area contributed by atoms with Gasteiger partial charge in [-0.3, -0.25) is 5.43 Å². The molecule has 0 aliphatic rings. The molecule has 0 radical (unpaired) electrons. The van der Waals surface area contributed by atoms with Gasteiger partial charge in [-0.1, -0.05) is 0 Å². The van der Waals surface area contributed by atoms with E-state index in [0.717, 1.165) is 0 Å². The molecular weight excluding hydrogens is 80.1 g/mol. The monoisotopic (exact) mass is 88.1 g/mol. The second kappa shape index (κ2) is 4.52. The van der Waals surface area contributed by atoms with Crippen LogP contribution in [0.25, 0.3) is 0 Å². The highest BCUT2D eigenvalue weighted by Crippen LogP contribution is 1.49. The minimum Gasteiger partial charge on any atom is -0.259 e. The molecule has 0 aliphatic heterocycles. The average Bonchev–Trinajstić information content (AvgIpc) is 1.61. The first-order valence-electron chi connectivity index (χ1n) is 1.64. The molecular formula is C2H8N4. The predicted molar refractivity (Wildman–Crippen MR) is 22.2 cm³/mol. The third-order valence-electron chi connectivity index (χ3n) is 0.335. The summed E-state index contributed by atoms with van der Waals surface area (Å²) in [5.74, 6) is 0. The second-order valence-electron chi connectivity index (χ2n) is 0.743. The van der Waals surface area contributed by atoms with E-state index in [2.05, 4.69) is 16.0 Å². The van der Waals surface area contributed by atoms with E-state index in [-0.39, 0.29) is 0 Å². The Hall–Kier alpha value is -0.480. The van der Waals surface area contributed by atoms with Crippen LogP contribution in [0.15, 0.2) is 5.11 Å². The lowest BCUT2D eigenvalue weighted by Gasteiger charge is -1.90. The molecule has 4 heteroatoms. The molecule has 0 rings (SSSR count). The normalized spacial score (nSPS) is 8.17. The van der Waals surface area contributed by atoms with E-state index in [1.807, 2.05) is 0 Å². The summed E-state index contributed by atoms with van der Waals surface area (Å²) in [5.41, 5.74) is 11.4. The van der Waals surface area contributed by atoms with Crippen LogP contribution in [0.1, 0.15) is 0 Å². The summed E-state index contributed by atoms with van der Waals surface area (Å²) in [7, 11) is 1.73. The standard InChI is InChI=1S/C2H8N4/c1-4-6-2-5-3/h3-4,6H,2H2,1H3. The Morgan fingerprint density at radius 2 is 2.50 bits per heavy atom. The highest BCUT2D eigenvalue weighted by molar-refractivity contribution is 4.19. The van der Waals surface area contributed by atoms with Crippen LogP contribution < -0.4 is 10.9 Å². The summed E-state index contributed by atoms with van der Waals surface area (Å²) < 4.78 is 0. The molecule has 0 unspecified atom stereocenters. The van der Waals surface area contributed by atoms with Gasteiger partial charge in [-0.2, -0.15) is 5.11 Å². The Labute approximate surface area is 36.4 Å². The highest BCUT2D eigenvalue weighted by Gasteiger charge is 1.65. The van der Waals surface area contributed by atoms with Crippen molar-refractivity contribution >= 4 is 0 Å². The van der Waals surface area contributed by atoms with Crippen molar-refractivity contribution < 1.29 is 0 Å². The first-order chi connectivity index (χ1) is 2.91. The molecule has 6 heavy (non-hydrogen) atoms. The molecule has 36 valence electrons. The summed E-state index contributed by atoms with van der Waals surface area (Å²) in [6, 6.07) is 0. The lowest BCUT2D eigenvalue weighted by Crippen LogP contribution is -2.26. The van der Waals surface area contributed by atoms with Crippen molar-refractivity contribution in [2.75, 3.05) is 13.7 Å². The average molecular weight is 88.1 g/mol. The molecule has 0 bridgehead atoms. The number of hydrogen-bond donors (Lipinski definition) is 3. The molecule has 0 aromatic heterocycles. The molecule has 0 amide bonds. The zero-order valence-electron chi connectivity index (χ0n) is 3.65. The third-order valence-corrected chi connectivity index (χ3v) is 0.335. The molecule has 0 aliphatic carbocycles. The van der Waals surface area contributed by atoms with Crippen molar-refractivity contribution in [3.05, 3.63) is 0 Å². The predicted octanol–water partition coefficient (Wildman–Crippen LogP) is -0.301. The SMILES string of the molecule is CNNCN=N. The lowest BCUT2D eigenvalue weighted by atomic mass is 11.2. The van der Waals surface area contributed by atoms with Crippen molar-refractivity contribution in [2.45, 2.75) is 0 Å². The number of nitrogens with one attached hydrogen (secondary N) is 3. The molecule has 0 fully saturated rings. The van der Waals surface area contributed by atoms with Gasteiger partial charge in [0.2, 0.25) is 0 Å². The van der Waals surface area contributed by atoms with Gasteiger partial charge in [0.15, 0.2) is 0 Å². The Morgan fingerprint density at radius 3 is 2.67 bits per heavy atom. The Bertz CT molecular complexity index is 34.5. The number of hydrogen-bond acceptors (Lipinski definition) is 4. The molecule has 0 atom stereocenters. The van der Waals surface area contributed by atoms with Crippen LogP contribution >= 0.6 is 0 Å². The Kier molecular flexibility index (Phi) is 4.16. The molecule has 4 nitrogen and oxygen atoms in total. The van der Waals surface area contributed by atoms with Crippen molar-refractivity contribution in [3.8, 4) is 0 Å². The second-order valence-corrected chi connectivity index (χ2v) is 0.743. The molecule has 0 heterocycles. The van der Waals surface area contributed by atoms with E-state index >= 15 is 0 Å². The number of rotatable bonds is 3. The topological polar surface area (TPSA) is 60.3 Å². The van der Waals surface area contributed by atoms with E-state index in [1.165, 1.54) is 0 Å². The fourth-order valence-electron chi connectivity index (χ4n) is 0.119. The highest BCUT2D eigenvalue weighted by atomic mass is 15.4. The van der Waals surface area contributed by atoms with E-state index < -0.39 is 0 Å². The molecule has 3 N–H and O–H groups in total. The van der Waals surface area contributed by atoms with Crippen molar-refractivity contribution in [1.82, 2.24) is 10.9 Å². The zero-order valence-corrected chi connectivity index (χ0v) is 3.65. The maximum Gasteiger partial charge on any atom is 0.122 e. The van der Waals surface area contributed by atoms with Gasteiger partial charge in [0.05, 0.1) is 0 Å². The quantitative estimate of drug-likeness (QED) is 0.252. The van der Waals surface area contributed by atoms with E-state index in [1.54, 1.807) is 7.05 Å². The minimum atomic E-state index is 0.344. The van der Waals surface area contributed by atoms with Gasteiger partial charge in [0.25, 0.3) is 0 Å². The maximum atomic E-state index is 6.23. The largest absolute Gasteiger partial charge is 0.259 e. The first-order valence-corrected chi connectivity index (χ1v) is 1.64. The van der Waals surface area contributed by atoms with Gasteiger partial charge in [-0.15, -0.1) is 0 Å². The van der Waals surface area contributed by atoms with E-state index in [9.17, 15) is 0 Å². The van der Waals surface area contributed by atoms with Crippen LogP contribution in [0.3, 0.4) is 0 Å². The zero-order chi connectivity index (χ0) is 4.83. The van der Waals surface area contributed by atoms with Crippen LogP contribution in [-0.2, 0) is 0 Å². The lowest BCUT2D eigenvalue weighted by molar-refractivity contribution is 0.592. The Morgan fingerprint density at radius 1 is 1.83 bits per heavy atom. The van der Waals surface area contributed by atoms with Gasteiger partial charge in [-0.05, 0) is 7.05 Å². The fraction of sp³-hybridized carbons (Fsp3) is 1.00. The number of hydrazine groups is 1. The smallest absolute Gasteiger partial charge is 0.122 e. The molecule has 0 saturated heterocycles. The Balaban J connectivity index is 2.49. The van der Waals surface area contributed by atoms with Gasteiger partial charge in [0.1, 0.15) is 6.67 Å². The van der Waals surface area contributed by atoms with Crippen molar-refractivity contribution in [3.63, 3.8) is 0 Å². The van der Waals surface area contributed by atoms with E-state index in [4.69, 9.17) is 5.53 Å². The number of nitrogens with zero attached hydrogens (tertiary/aromatic N) is 1. The maximum absolute atomic E-state index is 6.23. The van der Waals surface area contributed by atoms with Gasteiger partial charge in [0, 0.05) is 0 Å². The van der Waals surface area contributed by atoms with Crippen LogP contribution in [-0.4, -0.2) is 13.7 Å². The minimum absolute atomic E-state index is 0.344. The van der Waals surface area contributed by atoms with Crippen molar-refractivity contribution in [2.24, 2.45) is 5.11 Å². The summed E-state index contributed by atoms with van der Waals surface area (Å²) in [6.45, 7) is 0.344. The van der Waals surface area contributed by atoms with Crippen molar-refractivity contribution in [1.29, 1.82) is 5.53 Å². The molecule has 0 spiro atoms. The summed E-state index contributed by atoms with van der Waals surface area (Å²) >= 11 is 0. The molecule has 0 aromatic rings.